The first kappa shape index (κ1) is 14.0. The molecule has 108 valence electrons. The van der Waals surface area contributed by atoms with E-state index in [0.29, 0.717) is 12.0 Å². The fraction of sp³-hybridized carbons (Fsp3) is 0.118. The van der Waals surface area contributed by atoms with Crippen LogP contribution in [-0.2, 0) is 6.42 Å². The Balaban J connectivity index is 1.83. The molecule has 1 aromatic carbocycles. The summed E-state index contributed by atoms with van der Waals surface area (Å²) in [6, 6.07) is 12.6. The Morgan fingerprint density at radius 3 is 2.95 bits per heavy atom. The van der Waals surface area contributed by atoms with Crippen molar-refractivity contribution >= 4 is 16.8 Å². The first-order chi connectivity index (χ1) is 10.7. The molecule has 1 atom stereocenters. The van der Waals surface area contributed by atoms with Crippen LogP contribution in [0.25, 0.3) is 10.9 Å². The average Bonchev–Trinajstić information content (AvgIpc) is 2.97. The Hall–Kier alpha value is -2.97. The summed E-state index contributed by atoms with van der Waals surface area (Å²) in [5.74, 6) is -0.234. The zero-order valence-corrected chi connectivity index (χ0v) is 11.9. The minimum absolute atomic E-state index is 0.234. The molecule has 0 aliphatic rings. The lowest BCUT2D eigenvalue weighted by Gasteiger charge is -2.05. The molecule has 2 heterocycles. The molecular weight excluding hydrogens is 276 g/mol. The van der Waals surface area contributed by atoms with Gasteiger partial charge in [0.15, 0.2) is 12.4 Å². The van der Waals surface area contributed by atoms with E-state index in [0.717, 1.165) is 16.5 Å². The topological polar surface area (TPSA) is 86.5 Å². The van der Waals surface area contributed by atoms with Gasteiger partial charge in [0.25, 0.3) is 0 Å². The number of benzene rings is 1. The van der Waals surface area contributed by atoms with E-state index in [2.05, 4.69) is 4.98 Å². The van der Waals surface area contributed by atoms with Crippen molar-refractivity contribution in [3.8, 4) is 6.07 Å². The summed E-state index contributed by atoms with van der Waals surface area (Å²) in [6.07, 6.45) is 5.43. The number of aromatic nitrogens is 2. The van der Waals surface area contributed by atoms with Gasteiger partial charge < -0.3 is 10.7 Å². The number of para-hydroxylation sites is 1. The van der Waals surface area contributed by atoms with E-state index in [1.54, 1.807) is 18.3 Å². The van der Waals surface area contributed by atoms with Gasteiger partial charge in [-0.05, 0) is 17.7 Å². The number of aromatic amines is 1. The molecule has 0 amide bonds. The standard InChI is InChI=1S/C17H15N4O/c18-9-12-4-3-7-21(11-12)17(22)15(19)8-13-10-20-16-6-2-1-5-14(13)16/h1-7,10-11,15,20H,8,19H2/q+1/t15-/m0/s1. The van der Waals surface area contributed by atoms with Crippen LogP contribution in [0.1, 0.15) is 15.9 Å². The molecule has 0 aliphatic carbocycles. The van der Waals surface area contributed by atoms with E-state index in [1.807, 2.05) is 36.5 Å². The molecule has 5 nitrogen and oxygen atoms in total. The van der Waals surface area contributed by atoms with Crippen molar-refractivity contribution in [1.82, 2.24) is 4.98 Å². The number of nitriles is 1. The Kier molecular flexibility index (Phi) is 3.69. The number of rotatable bonds is 3. The van der Waals surface area contributed by atoms with Crippen LogP contribution in [0.2, 0.25) is 0 Å². The number of nitrogens with zero attached hydrogens (tertiary/aromatic N) is 2. The van der Waals surface area contributed by atoms with Crippen LogP contribution in [0.15, 0.2) is 55.0 Å². The molecule has 0 saturated heterocycles. The number of nitrogens with two attached hydrogens (primary N) is 1. The highest BCUT2D eigenvalue weighted by Gasteiger charge is 2.25. The molecule has 0 bridgehead atoms. The average molecular weight is 291 g/mol. The molecule has 22 heavy (non-hydrogen) atoms. The van der Waals surface area contributed by atoms with Crippen LogP contribution >= 0.6 is 0 Å². The number of hydrogen-bond acceptors (Lipinski definition) is 3. The van der Waals surface area contributed by atoms with Crippen molar-refractivity contribution in [2.75, 3.05) is 0 Å². The second-order valence-electron chi connectivity index (χ2n) is 5.12. The van der Waals surface area contributed by atoms with Gasteiger partial charge in [0.2, 0.25) is 0 Å². The van der Waals surface area contributed by atoms with Gasteiger partial charge in [-0.1, -0.05) is 18.2 Å². The van der Waals surface area contributed by atoms with E-state index in [9.17, 15) is 4.79 Å². The van der Waals surface area contributed by atoms with E-state index >= 15 is 0 Å². The number of fused-ring (bicyclic) bond motifs is 1. The lowest BCUT2D eigenvalue weighted by Crippen LogP contribution is -2.52. The Bertz CT molecular complexity index is 875. The summed E-state index contributed by atoms with van der Waals surface area (Å²) in [7, 11) is 0. The highest BCUT2D eigenvalue weighted by Crippen LogP contribution is 2.18. The molecule has 0 unspecified atom stereocenters. The van der Waals surface area contributed by atoms with Gasteiger partial charge in [-0.25, -0.2) is 4.79 Å². The summed E-state index contributed by atoms with van der Waals surface area (Å²) in [5, 5.41) is 9.97. The van der Waals surface area contributed by atoms with Gasteiger partial charge in [-0.2, -0.15) is 5.26 Å². The molecule has 0 radical (unpaired) electrons. The van der Waals surface area contributed by atoms with Crippen molar-refractivity contribution in [2.45, 2.75) is 12.5 Å². The second-order valence-corrected chi connectivity index (χ2v) is 5.12. The van der Waals surface area contributed by atoms with Crippen molar-refractivity contribution in [1.29, 1.82) is 5.26 Å². The Morgan fingerprint density at radius 1 is 1.32 bits per heavy atom. The molecule has 3 rings (SSSR count). The monoisotopic (exact) mass is 291 g/mol. The van der Waals surface area contributed by atoms with Gasteiger partial charge in [0, 0.05) is 29.6 Å². The fourth-order valence-electron chi connectivity index (χ4n) is 2.49. The Labute approximate surface area is 127 Å². The third-order valence-electron chi connectivity index (χ3n) is 3.62. The largest absolute Gasteiger partial charge is 0.409 e. The molecule has 0 spiro atoms. The highest BCUT2D eigenvalue weighted by molar-refractivity contribution is 5.84. The van der Waals surface area contributed by atoms with Gasteiger partial charge in [0.05, 0.1) is 0 Å². The smallest absolute Gasteiger partial charge is 0.361 e. The van der Waals surface area contributed by atoms with E-state index < -0.39 is 6.04 Å². The summed E-state index contributed by atoms with van der Waals surface area (Å²) in [5.41, 5.74) is 8.51. The molecular formula is C17H15N4O+. The molecule has 3 aromatic rings. The number of hydrogen-bond donors (Lipinski definition) is 2. The third-order valence-corrected chi connectivity index (χ3v) is 3.62. The van der Waals surface area contributed by atoms with Gasteiger partial charge >= 0.3 is 5.91 Å². The molecule has 3 N–H and O–H groups in total. The zero-order valence-electron chi connectivity index (χ0n) is 11.9. The van der Waals surface area contributed by atoms with Crippen molar-refractivity contribution in [3.05, 3.63) is 66.1 Å². The van der Waals surface area contributed by atoms with Crippen LogP contribution in [-0.4, -0.2) is 16.9 Å². The normalized spacial score (nSPS) is 12.0. The van der Waals surface area contributed by atoms with E-state index in [-0.39, 0.29) is 5.91 Å². The predicted octanol–water partition coefficient (Wildman–Crippen LogP) is 1.54. The maximum Gasteiger partial charge on any atom is 0.409 e. The first-order valence-corrected chi connectivity index (χ1v) is 6.95. The number of carbonyl (C=O) groups excluding carboxylic acids is 1. The van der Waals surface area contributed by atoms with Crippen LogP contribution in [0.3, 0.4) is 0 Å². The number of nitrogens with one attached hydrogen (secondary N) is 1. The van der Waals surface area contributed by atoms with Crippen LogP contribution in [0, 0.1) is 11.3 Å². The van der Waals surface area contributed by atoms with Crippen molar-refractivity contribution < 1.29 is 9.36 Å². The molecule has 2 aromatic heterocycles. The maximum atomic E-state index is 12.4. The minimum atomic E-state index is -0.668. The number of carbonyl (C=O) groups is 1. The van der Waals surface area contributed by atoms with Crippen LogP contribution in [0.5, 0.6) is 0 Å². The van der Waals surface area contributed by atoms with Gasteiger partial charge in [0.1, 0.15) is 17.7 Å². The van der Waals surface area contributed by atoms with Crippen molar-refractivity contribution in [3.63, 3.8) is 0 Å². The van der Waals surface area contributed by atoms with E-state index in [1.165, 1.54) is 10.8 Å². The fourth-order valence-corrected chi connectivity index (χ4v) is 2.49. The Morgan fingerprint density at radius 2 is 2.14 bits per heavy atom. The lowest BCUT2D eigenvalue weighted by atomic mass is 10.0. The summed E-state index contributed by atoms with van der Waals surface area (Å²) >= 11 is 0. The van der Waals surface area contributed by atoms with Crippen molar-refractivity contribution in [2.24, 2.45) is 5.73 Å². The molecule has 0 aliphatic heterocycles. The summed E-state index contributed by atoms with van der Waals surface area (Å²) < 4.78 is 1.37. The molecule has 0 saturated carbocycles. The van der Waals surface area contributed by atoms with Gasteiger partial charge in [-0.15, -0.1) is 4.57 Å². The zero-order chi connectivity index (χ0) is 15.5. The molecule has 0 fully saturated rings. The number of pyridine rings is 1. The summed E-state index contributed by atoms with van der Waals surface area (Å²) in [4.78, 5) is 15.6. The van der Waals surface area contributed by atoms with Gasteiger partial charge in [-0.3, -0.25) is 0 Å². The highest BCUT2D eigenvalue weighted by atomic mass is 16.2. The third kappa shape index (κ3) is 2.60. The number of H-pyrrole nitrogens is 1. The minimum Gasteiger partial charge on any atom is -0.361 e. The first-order valence-electron chi connectivity index (χ1n) is 6.95. The predicted molar refractivity (Wildman–Crippen MR) is 82.0 cm³/mol. The van der Waals surface area contributed by atoms with Crippen LogP contribution in [0.4, 0.5) is 0 Å². The molecule has 5 heteroatoms. The SMILES string of the molecule is N#Cc1ccc[n+](C(=O)[C@@H](N)Cc2c[nH]c3ccccc23)c1. The maximum absolute atomic E-state index is 12.4. The second kappa shape index (κ2) is 5.80. The summed E-state index contributed by atoms with van der Waals surface area (Å²) in [6.45, 7) is 0. The van der Waals surface area contributed by atoms with E-state index in [4.69, 9.17) is 11.0 Å². The lowest BCUT2D eigenvalue weighted by molar-refractivity contribution is -0.575. The quantitative estimate of drug-likeness (QED) is 0.718. The van der Waals surface area contributed by atoms with Crippen LogP contribution < -0.4 is 10.3 Å².